The second-order valence-corrected chi connectivity index (χ2v) is 8.20. The lowest BCUT2D eigenvalue weighted by molar-refractivity contribution is 1.05. The van der Waals surface area contributed by atoms with Crippen molar-refractivity contribution >= 4 is 43.7 Å². The molecular weight excluding hydrogens is 316 g/mol. The van der Waals surface area contributed by atoms with Crippen LogP contribution < -0.4 is 0 Å². The van der Waals surface area contributed by atoms with Crippen LogP contribution in [0.1, 0.15) is 43.6 Å². The van der Waals surface area contributed by atoms with E-state index in [0.717, 1.165) is 0 Å². The topological polar surface area (TPSA) is 0 Å². The molecule has 0 aliphatic rings. The summed E-state index contributed by atoms with van der Waals surface area (Å²) < 4.78 is 2.69. The van der Waals surface area contributed by atoms with Crippen LogP contribution in [0, 0.1) is 34.6 Å². The Kier molecular flexibility index (Phi) is 3.89. The van der Waals surface area contributed by atoms with Crippen molar-refractivity contribution in [2.75, 3.05) is 0 Å². The van der Waals surface area contributed by atoms with Gasteiger partial charge in [0.25, 0.3) is 0 Å². The van der Waals surface area contributed by atoms with Gasteiger partial charge in [0.15, 0.2) is 0 Å². The molecule has 0 nitrogen and oxygen atoms in total. The summed E-state index contributed by atoms with van der Waals surface area (Å²) in [4.78, 5) is 1.26. The summed E-state index contributed by atoms with van der Waals surface area (Å²) >= 11 is 10.5. The van der Waals surface area contributed by atoms with E-state index in [2.05, 4.69) is 52.1 Å². The van der Waals surface area contributed by atoms with E-state index in [-0.39, 0.29) is 5.38 Å². The number of fused-ring (bicyclic) bond motifs is 1. The minimum atomic E-state index is -0.0485. The molecule has 0 radical (unpaired) electrons. The van der Waals surface area contributed by atoms with Crippen LogP contribution >= 0.6 is 34.3 Å². The fourth-order valence-corrected chi connectivity index (χ4v) is 5.59. The second kappa shape index (κ2) is 5.42. The van der Waals surface area contributed by atoms with Crippen LogP contribution in [-0.2, 0) is 0 Å². The van der Waals surface area contributed by atoms with E-state index >= 15 is 0 Å². The Labute approximate surface area is 139 Å². The van der Waals surface area contributed by atoms with Gasteiger partial charge in [-0.05, 0) is 85.5 Å². The van der Waals surface area contributed by atoms with Gasteiger partial charge in [0.1, 0.15) is 0 Å². The summed E-state index contributed by atoms with van der Waals surface area (Å²) in [6.07, 6.45) is 0. The third kappa shape index (κ3) is 2.34. The Morgan fingerprint density at radius 1 is 0.857 bits per heavy atom. The van der Waals surface area contributed by atoms with Gasteiger partial charge < -0.3 is 0 Å². The molecule has 0 amide bonds. The van der Waals surface area contributed by atoms with Gasteiger partial charge in [0, 0.05) is 14.3 Å². The molecule has 0 fully saturated rings. The molecule has 0 N–H and O–H groups in total. The van der Waals surface area contributed by atoms with E-state index in [1.807, 2.05) is 11.3 Å². The Bertz CT molecular complexity index is 766. The van der Waals surface area contributed by atoms with Crippen molar-refractivity contribution in [2.24, 2.45) is 0 Å². The first kappa shape index (κ1) is 15.1. The Balaban J connectivity index is 2.17. The van der Waals surface area contributed by atoms with E-state index in [4.69, 9.17) is 11.6 Å². The third-order valence-corrected chi connectivity index (χ3v) is 7.46. The van der Waals surface area contributed by atoms with Gasteiger partial charge >= 0.3 is 0 Å². The smallest absolute Gasteiger partial charge is 0.0933 e. The van der Waals surface area contributed by atoms with E-state index in [9.17, 15) is 0 Å². The number of rotatable bonds is 2. The van der Waals surface area contributed by atoms with Crippen molar-refractivity contribution in [2.45, 2.75) is 40.0 Å². The molecule has 1 atom stereocenters. The number of hydrogen-bond acceptors (Lipinski definition) is 2. The van der Waals surface area contributed by atoms with Gasteiger partial charge in [-0.2, -0.15) is 0 Å². The molecule has 3 heteroatoms. The highest BCUT2D eigenvalue weighted by Gasteiger charge is 2.22. The molecule has 21 heavy (non-hydrogen) atoms. The van der Waals surface area contributed by atoms with Crippen molar-refractivity contribution in [3.63, 3.8) is 0 Å². The number of alkyl halides is 1. The maximum Gasteiger partial charge on any atom is 0.0933 e. The van der Waals surface area contributed by atoms with E-state index in [1.165, 1.54) is 47.7 Å². The van der Waals surface area contributed by atoms with Crippen molar-refractivity contribution in [3.8, 4) is 0 Å². The van der Waals surface area contributed by atoms with Crippen LogP contribution in [0.3, 0.4) is 0 Å². The molecule has 2 aromatic heterocycles. The van der Waals surface area contributed by atoms with Crippen LogP contribution in [0.25, 0.3) is 9.40 Å². The van der Waals surface area contributed by atoms with Crippen LogP contribution in [0.15, 0.2) is 17.5 Å². The summed E-state index contributed by atoms with van der Waals surface area (Å²) in [5.41, 5.74) is 8.12. The number of thiophene rings is 2. The molecule has 0 aliphatic carbocycles. The zero-order valence-corrected chi connectivity index (χ0v) is 15.4. The summed E-state index contributed by atoms with van der Waals surface area (Å²) in [6, 6.07) is 4.44. The first-order valence-electron chi connectivity index (χ1n) is 7.09. The molecule has 3 aromatic rings. The molecule has 0 saturated heterocycles. The lowest BCUT2D eigenvalue weighted by Crippen LogP contribution is -2.05. The number of benzene rings is 1. The third-order valence-electron chi connectivity index (χ3n) is 4.72. The Hall–Kier alpha value is -0.830. The summed E-state index contributed by atoms with van der Waals surface area (Å²) in [7, 11) is 0. The first-order chi connectivity index (χ1) is 9.91. The zero-order chi connectivity index (χ0) is 15.3. The molecule has 3 rings (SSSR count). The SMILES string of the molecule is Cc1c(C)c(C)c(C(Cl)c2cc3sccc3s2)c(C)c1C. The quantitative estimate of drug-likeness (QED) is 0.450. The average Bonchev–Trinajstić information content (AvgIpc) is 3.04. The lowest BCUT2D eigenvalue weighted by Gasteiger charge is -2.21. The number of hydrogen-bond donors (Lipinski definition) is 0. The molecule has 0 saturated carbocycles. The highest BCUT2D eigenvalue weighted by Crippen LogP contribution is 2.42. The number of halogens is 1. The molecule has 0 aliphatic heterocycles. The van der Waals surface area contributed by atoms with Crippen LogP contribution in [0.5, 0.6) is 0 Å². The average molecular weight is 335 g/mol. The standard InChI is InChI=1S/C18H19ClS2/c1-9-10(2)12(4)17(13(5)11(9)3)18(19)16-8-15-14(21-16)6-7-20-15/h6-8,18H,1-5H3. The first-order valence-corrected chi connectivity index (χ1v) is 9.23. The van der Waals surface area contributed by atoms with Gasteiger partial charge in [-0.15, -0.1) is 34.3 Å². The van der Waals surface area contributed by atoms with Crippen molar-refractivity contribution in [1.29, 1.82) is 0 Å². The highest BCUT2D eigenvalue weighted by atomic mass is 35.5. The van der Waals surface area contributed by atoms with Crippen molar-refractivity contribution in [3.05, 3.63) is 55.8 Å². The van der Waals surface area contributed by atoms with Crippen LogP contribution in [-0.4, -0.2) is 0 Å². The fraction of sp³-hybridized carbons (Fsp3) is 0.333. The minimum absolute atomic E-state index is 0.0485. The fourth-order valence-electron chi connectivity index (χ4n) is 2.96. The summed E-state index contributed by atoms with van der Waals surface area (Å²) in [6.45, 7) is 11.0. The lowest BCUT2D eigenvalue weighted by atomic mass is 9.88. The van der Waals surface area contributed by atoms with Gasteiger partial charge in [-0.1, -0.05) is 0 Å². The summed E-state index contributed by atoms with van der Waals surface area (Å²) in [5, 5.41) is 2.10. The molecular formula is C18H19ClS2. The van der Waals surface area contributed by atoms with Gasteiger partial charge in [0.2, 0.25) is 0 Å². The van der Waals surface area contributed by atoms with Crippen LogP contribution in [0.2, 0.25) is 0 Å². The zero-order valence-electron chi connectivity index (χ0n) is 13.0. The molecule has 1 unspecified atom stereocenters. The molecule has 1 aromatic carbocycles. The van der Waals surface area contributed by atoms with Gasteiger partial charge in [-0.3, -0.25) is 0 Å². The summed E-state index contributed by atoms with van der Waals surface area (Å²) in [5.74, 6) is 0. The van der Waals surface area contributed by atoms with E-state index in [1.54, 1.807) is 11.3 Å². The van der Waals surface area contributed by atoms with E-state index < -0.39 is 0 Å². The van der Waals surface area contributed by atoms with Crippen molar-refractivity contribution < 1.29 is 0 Å². The van der Waals surface area contributed by atoms with Gasteiger partial charge in [0.05, 0.1) is 5.38 Å². The van der Waals surface area contributed by atoms with Crippen molar-refractivity contribution in [1.82, 2.24) is 0 Å². The van der Waals surface area contributed by atoms with Crippen LogP contribution in [0.4, 0.5) is 0 Å². The van der Waals surface area contributed by atoms with E-state index in [0.29, 0.717) is 0 Å². The highest BCUT2D eigenvalue weighted by molar-refractivity contribution is 7.27. The van der Waals surface area contributed by atoms with Gasteiger partial charge in [-0.25, -0.2) is 0 Å². The predicted octanol–water partition coefficient (Wildman–Crippen LogP) is 6.83. The molecule has 0 spiro atoms. The minimum Gasteiger partial charge on any atom is -0.143 e. The molecule has 2 heterocycles. The predicted molar refractivity (Wildman–Crippen MR) is 97.5 cm³/mol. The monoisotopic (exact) mass is 334 g/mol. The maximum absolute atomic E-state index is 6.88. The Morgan fingerprint density at radius 3 is 2.00 bits per heavy atom. The normalized spacial score (nSPS) is 13.0. The largest absolute Gasteiger partial charge is 0.143 e. The maximum atomic E-state index is 6.88. The second-order valence-electron chi connectivity index (χ2n) is 5.70. The molecule has 110 valence electrons. The Morgan fingerprint density at radius 2 is 1.43 bits per heavy atom. The molecule has 0 bridgehead atoms.